The van der Waals surface area contributed by atoms with E-state index in [1.165, 1.54) is 5.56 Å². The van der Waals surface area contributed by atoms with Crippen molar-refractivity contribution >= 4 is 6.03 Å². The van der Waals surface area contributed by atoms with Gasteiger partial charge in [0, 0.05) is 33.7 Å². The van der Waals surface area contributed by atoms with Gasteiger partial charge in [-0.1, -0.05) is 12.1 Å². The minimum absolute atomic E-state index is 0.0748. The summed E-state index contributed by atoms with van der Waals surface area (Å²) in [5.41, 5.74) is 1.18. The second-order valence-corrected chi connectivity index (χ2v) is 5.75. The highest BCUT2D eigenvalue weighted by Gasteiger charge is 2.23. The lowest BCUT2D eigenvalue weighted by molar-refractivity contribution is 0.0165. The SMILES string of the molecule is CCOc1ccc(C(CNC(=O)N(C)C)N2CCOCC2)cc1. The monoisotopic (exact) mass is 321 g/mol. The number of amides is 2. The fourth-order valence-corrected chi connectivity index (χ4v) is 2.64. The highest BCUT2D eigenvalue weighted by Crippen LogP contribution is 2.23. The van der Waals surface area contributed by atoms with E-state index in [1.54, 1.807) is 19.0 Å². The zero-order valence-corrected chi connectivity index (χ0v) is 14.2. The van der Waals surface area contributed by atoms with Crippen LogP contribution in [0.25, 0.3) is 0 Å². The summed E-state index contributed by atoms with van der Waals surface area (Å²) in [4.78, 5) is 15.8. The molecule has 1 aliphatic rings. The zero-order chi connectivity index (χ0) is 16.7. The van der Waals surface area contributed by atoms with Crippen molar-refractivity contribution in [1.82, 2.24) is 15.1 Å². The highest BCUT2D eigenvalue weighted by molar-refractivity contribution is 5.73. The van der Waals surface area contributed by atoms with Crippen molar-refractivity contribution in [2.45, 2.75) is 13.0 Å². The van der Waals surface area contributed by atoms with Gasteiger partial charge in [-0.25, -0.2) is 4.79 Å². The quantitative estimate of drug-likeness (QED) is 0.867. The van der Waals surface area contributed by atoms with Gasteiger partial charge in [0.15, 0.2) is 0 Å². The van der Waals surface area contributed by atoms with Gasteiger partial charge in [-0.05, 0) is 24.6 Å². The molecule has 128 valence electrons. The number of hydrogen-bond donors (Lipinski definition) is 1. The van der Waals surface area contributed by atoms with Crippen LogP contribution in [0.2, 0.25) is 0 Å². The molecule has 6 heteroatoms. The van der Waals surface area contributed by atoms with Gasteiger partial charge in [-0.3, -0.25) is 4.90 Å². The van der Waals surface area contributed by atoms with Crippen LogP contribution in [-0.2, 0) is 4.74 Å². The van der Waals surface area contributed by atoms with Crippen molar-refractivity contribution < 1.29 is 14.3 Å². The van der Waals surface area contributed by atoms with Crippen LogP contribution >= 0.6 is 0 Å². The Bertz CT molecular complexity index is 484. The molecule has 1 saturated heterocycles. The standard InChI is InChI=1S/C17H27N3O3/c1-4-23-15-7-5-14(6-8-15)16(13-18-17(21)19(2)3)20-9-11-22-12-10-20/h5-8,16H,4,9-13H2,1-3H3,(H,18,21). The summed E-state index contributed by atoms with van der Waals surface area (Å²) in [5.74, 6) is 0.870. The number of benzene rings is 1. The van der Waals surface area contributed by atoms with Gasteiger partial charge in [0.05, 0.1) is 25.9 Å². The number of urea groups is 1. The molecule has 1 aromatic rings. The molecule has 0 aromatic heterocycles. The molecule has 23 heavy (non-hydrogen) atoms. The highest BCUT2D eigenvalue weighted by atomic mass is 16.5. The molecular formula is C17H27N3O3. The first-order valence-electron chi connectivity index (χ1n) is 8.11. The third-order valence-electron chi connectivity index (χ3n) is 3.92. The van der Waals surface area contributed by atoms with Crippen LogP contribution in [-0.4, -0.2) is 69.4 Å². The molecule has 1 atom stereocenters. The third-order valence-corrected chi connectivity index (χ3v) is 3.92. The van der Waals surface area contributed by atoms with Crippen LogP contribution < -0.4 is 10.1 Å². The van der Waals surface area contributed by atoms with Crippen molar-refractivity contribution in [3.63, 3.8) is 0 Å². The van der Waals surface area contributed by atoms with E-state index in [4.69, 9.17) is 9.47 Å². The zero-order valence-electron chi connectivity index (χ0n) is 14.2. The van der Waals surface area contributed by atoms with E-state index in [-0.39, 0.29) is 12.1 Å². The number of nitrogens with zero attached hydrogens (tertiary/aromatic N) is 2. The molecule has 6 nitrogen and oxygen atoms in total. The van der Waals surface area contributed by atoms with Gasteiger partial charge in [0.1, 0.15) is 5.75 Å². The molecule has 1 fully saturated rings. The molecule has 1 aromatic carbocycles. The molecule has 1 aliphatic heterocycles. The maximum absolute atomic E-state index is 11.9. The lowest BCUT2D eigenvalue weighted by Gasteiger charge is -2.35. The van der Waals surface area contributed by atoms with E-state index in [0.29, 0.717) is 13.2 Å². The molecule has 0 bridgehead atoms. The predicted molar refractivity (Wildman–Crippen MR) is 89.8 cm³/mol. The van der Waals surface area contributed by atoms with E-state index >= 15 is 0 Å². The molecule has 2 rings (SSSR count). The fraction of sp³-hybridized carbons (Fsp3) is 0.588. The van der Waals surface area contributed by atoms with Crippen molar-refractivity contribution in [2.24, 2.45) is 0 Å². The van der Waals surface area contributed by atoms with Crippen LogP contribution in [0.1, 0.15) is 18.5 Å². The van der Waals surface area contributed by atoms with E-state index in [2.05, 4.69) is 22.3 Å². The first-order valence-corrected chi connectivity index (χ1v) is 8.11. The number of carbonyl (C=O) groups is 1. The van der Waals surface area contributed by atoms with Gasteiger partial charge >= 0.3 is 6.03 Å². The molecule has 0 aliphatic carbocycles. The molecular weight excluding hydrogens is 294 g/mol. The topological polar surface area (TPSA) is 54.0 Å². The maximum Gasteiger partial charge on any atom is 0.316 e. The Labute approximate surface area is 138 Å². The predicted octanol–water partition coefficient (Wildman–Crippen LogP) is 1.73. The summed E-state index contributed by atoms with van der Waals surface area (Å²) in [7, 11) is 3.49. The second kappa shape index (κ2) is 8.74. The van der Waals surface area contributed by atoms with Gasteiger partial charge in [-0.2, -0.15) is 0 Å². The molecule has 0 saturated carbocycles. The maximum atomic E-state index is 11.9. The fourth-order valence-electron chi connectivity index (χ4n) is 2.64. The lowest BCUT2D eigenvalue weighted by atomic mass is 10.0. The summed E-state index contributed by atoms with van der Waals surface area (Å²) in [6.07, 6.45) is 0. The number of rotatable bonds is 6. The number of hydrogen-bond acceptors (Lipinski definition) is 4. The Morgan fingerprint density at radius 3 is 2.52 bits per heavy atom. The Morgan fingerprint density at radius 2 is 1.96 bits per heavy atom. The smallest absolute Gasteiger partial charge is 0.316 e. The van der Waals surface area contributed by atoms with Crippen molar-refractivity contribution in [3.05, 3.63) is 29.8 Å². The second-order valence-electron chi connectivity index (χ2n) is 5.75. The van der Waals surface area contributed by atoms with Crippen LogP contribution in [0.5, 0.6) is 5.75 Å². The largest absolute Gasteiger partial charge is 0.494 e. The van der Waals surface area contributed by atoms with E-state index in [1.807, 2.05) is 19.1 Å². The summed E-state index contributed by atoms with van der Waals surface area (Å²) in [5, 5.41) is 2.99. The number of carbonyl (C=O) groups excluding carboxylic acids is 1. The van der Waals surface area contributed by atoms with Crippen LogP contribution in [0.3, 0.4) is 0 Å². The van der Waals surface area contributed by atoms with Crippen LogP contribution in [0, 0.1) is 0 Å². The Hall–Kier alpha value is -1.79. The first-order chi connectivity index (χ1) is 11.1. The van der Waals surface area contributed by atoms with Crippen molar-refractivity contribution in [1.29, 1.82) is 0 Å². The molecule has 2 amide bonds. The minimum Gasteiger partial charge on any atom is -0.494 e. The van der Waals surface area contributed by atoms with Gasteiger partial charge < -0.3 is 19.7 Å². The average molecular weight is 321 g/mol. The number of ether oxygens (including phenoxy) is 2. The Kier molecular flexibility index (Phi) is 6.67. The molecule has 0 spiro atoms. The van der Waals surface area contributed by atoms with Crippen molar-refractivity contribution in [3.8, 4) is 5.75 Å². The van der Waals surface area contributed by atoms with Crippen molar-refractivity contribution in [2.75, 3.05) is 53.6 Å². The first kappa shape index (κ1) is 17.6. The van der Waals surface area contributed by atoms with Crippen LogP contribution in [0.4, 0.5) is 4.79 Å². The van der Waals surface area contributed by atoms with E-state index in [0.717, 1.165) is 32.1 Å². The molecule has 0 radical (unpaired) electrons. The minimum atomic E-state index is -0.0748. The Balaban J connectivity index is 2.09. The summed E-state index contributed by atoms with van der Waals surface area (Å²) in [6, 6.07) is 8.19. The molecule has 1 heterocycles. The van der Waals surface area contributed by atoms with Gasteiger partial charge in [-0.15, -0.1) is 0 Å². The number of morpholine rings is 1. The van der Waals surface area contributed by atoms with Gasteiger partial charge in [0.2, 0.25) is 0 Å². The summed E-state index contributed by atoms with van der Waals surface area (Å²) in [6.45, 7) is 6.41. The molecule has 1 unspecified atom stereocenters. The lowest BCUT2D eigenvalue weighted by Crippen LogP contribution is -2.45. The number of nitrogens with one attached hydrogen (secondary N) is 1. The van der Waals surface area contributed by atoms with E-state index < -0.39 is 0 Å². The summed E-state index contributed by atoms with van der Waals surface area (Å²) < 4.78 is 10.9. The average Bonchev–Trinajstić information content (AvgIpc) is 2.57. The Morgan fingerprint density at radius 1 is 1.30 bits per heavy atom. The molecule has 1 N–H and O–H groups in total. The normalized spacial score (nSPS) is 16.7. The van der Waals surface area contributed by atoms with Gasteiger partial charge in [0.25, 0.3) is 0 Å². The summed E-state index contributed by atoms with van der Waals surface area (Å²) >= 11 is 0. The van der Waals surface area contributed by atoms with E-state index in [9.17, 15) is 4.79 Å². The van der Waals surface area contributed by atoms with Crippen LogP contribution in [0.15, 0.2) is 24.3 Å². The third kappa shape index (κ3) is 5.11.